The number of nitrogens with zero attached hydrogens (tertiary/aromatic N) is 3. The number of benzene rings is 1. The van der Waals surface area contributed by atoms with E-state index in [1.165, 1.54) is 0 Å². The molecule has 0 aliphatic carbocycles. The summed E-state index contributed by atoms with van der Waals surface area (Å²) in [6.07, 6.45) is 3.42. The maximum Gasteiger partial charge on any atom is 0.162 e. The van der Waals surface area contributed by atoms with Gasteiger partial charge in [-0.1, -0.05) is 49.3 Å². The van der Waals surface area contributed by atoms with Crippen LogP contribution in [0.3, 0.4) is 0 Å². The fraction of sp³-hybridized carbons (Fsp3) is 0.300. The number of nitrogens with one attached hydrogen (secondary N) is 1. The molecule has 28 heavy (non-hydrogen) atoms. The molecule has 0 spiro atoms. The topological polar surface area (TPSA) is 65.8 Å². The van der Waals surface area contributed by atoms with Crippen molar-refractivity contribution in [3.63, 3.8) is 0 Å². The summed E-state index contributed by atoms with van der Waals surface area (Å²) in [7, 11) is -1.43. The molecule has 3 rings (SSSR count). The van der Waals surface area contributed by atoms with Gasteiger partial charge in [-0.2, -0.15) is 5.10 Å². The number of pyridine rings is 1. The average molecular weight is 431 g/mol. The largest absolute Gasteiger partial charge is 0.612 e. The smallest absolute Gasteiger partial charge is 0.162 e. The van der Waals surface area contributed by atoms with Gasteiger partial charge < -0.3 is 9.87 Å². The van der Waals surface area contributed by atoms with E-state index in [1.54, 1.807) is 17.1 Å². The molecule has 1 atom stereocenters. The molecule has 0 saturated carbocycles. The monoisotopic (exact) mass is 430 g/mol. The van der Waals surface area contributed by atoms with Crippen LogP contribution in [-0.2, 0) is 24.3 Å². The number of fused-ring (bicyclic) bond motifs is 1. The molecule has 0 saturated heterocycles. The van der Waals surface area contributed by atoms with Crippen LogP contribution in [0.4, 0.5) is 5.69 Å². The highest BCUT2D eigenvalue weighted by molar-refractivity contribution is 7.90. The number of aromatic nitrogens is 3. The van der Waals surface area contributed by atoms with E-state index >= 15 is 0 Å². The Balaban J connectivity index is 1.81. The molecule has 146 valence electrons. The van der Waals surface area contributed by atoms with Crippen LogP contribution in [0.2, 0.25) is 24.8 Å². The lowest BCUT2D eigenvalue weighted by molar-refractivity contribution is 0.601. The van der Waals surface area contributed by atoms with Gasteiger partial charge in [0.2, 0.25) is 0 Å². The van der Waals surface area contributed by atoms with Gasteiger partial charge in [-0.3, -0.25) is 0 Å². The number of hydrogen-bond donors (Lipinski definition) is 1. The van der Waals surface area contributed by atoms with Gasteiger partial charge in [-0.25, -0.2) is 9.67 Å². The van der Waals surface area contributed by atoms with Crippen molar-refractivity contribution >= 4 is 47.6 Å². The second-order valence-corrected chi connectivity index (χ2v) is 14.0. The third-order valence-electron chi connectivity index (χ3n) is 4.02. The highest BCUT2D eigenvalue weighted by atomic mass is 35.5. The van der Waals surface area contributed by atoms with Gasteiger partial charge in [-0.05, 0) is 34.9 Å². The lowest BCUT2D eigenvalue weighted by Crippen LogP contribution is -2.16. The minimum atomic E-state index is -1.43. The van der Waals surface area contributed by atoms with Crippen molar-refractivity contribution in [1.82, 2.24) is 14.8 Å². The molecule has 3 aromatic rings. The van der Waals surface area contributed by atoms with Gasteiger partial charge in [0.05, 0.1) is 11.1 Å². The van der Waals surface area contributed by atoms with E-state index < -0.39 is 19.2 Å². The molecule has 0 bridgehead atoms. The van der Waals surface area contributed by atoms with Gasteiger partial charge in [0.25, 0.3) is 0 Å². The van der Waals surface area contributed by atoms with Gasteiger partial charge in [0.15, 0.2) is 15.7 Å². The molecule has 1 N–H and O–H groups in total. The van der Waals surface area contributed by atoms with E-state index in [0.717, 1.165) is 27.2 Å². The van der Waals surface area contributed by atoms with Crippen molar-refractivity contribution in [3.8, 4) is 11.5 Å². The summed E-state index contributed by atoms with van der Waals surface area (Å²) in [5, 5.41) is 9.03. The first kappa shape index (κ1) is 20.7. The zero-order chi connectivity index (χ0) is 20.3. The second-order valence-electron chi connectivity index (χ2n) is 7.51. The van der Waals surface area contributed by atoms with Crippen LogP contribution >= 0.6 is 11.6 Å². The Labute approximate surface area is 174 Å². The van der Waals surface area contributed by atoms with E-state index in [4.69, 9.17) is 11.6 Å². The van der Waals surface area contributed by atoms with Gasteiger partial charge in [0.1, 0.15) is 20.9 Å². The first-order valence-electron chi connectivity index (χ1n) is 8.92. The summed E-state index contributed by atoms with van der Waals surface area (Å²) < 4.78 is 13.3. The van der Waals surface area contributed by atoms with Gasteiger partial charge in [-0.15, -0.1) is 5.54 Å². The average Bonchev–Trinajstić information content (AvgIpc) is 2.96. The summed E-state index contributed by atoms with van der Waals surface area (Å²) in [4.78, 5) is 5.27. The van der Waals surface area contributed by atoms with E-state index in [0.29, 0.717) is 18.2 Å². The lowest BCUT2D eigenvalue weighted by Gasteiger charge is -2.09. The van der Waals surface area contributed by atoms with E-state index in [2.05, 4.69) is 46.5 Å². The third-order valence-corrected chi connectivity index (χ3v) is 6.15. The summed E-state index contributed by atoms with van der Waals surface area (Å²) in [5.41, 5.74) is 6.02. The van der Waals surface area contributed by atoms with Crippen molar-refractivity contribution in [2.75, 3.05) is 11.6 Å². The lowest BCUT2D eigenvalue weighted by atomic mass is 10.2. The minimum absolute atomic E-state index is 0.414. The Morgan fingerprint density at radius 1 is 1.21 bits per heavy atom. The van der Waals surface area contributed by atoms with E-state index in [-0.39, 0.29) is 0 Å². The molecule has 1 aromatic carbocycles. The van der Waals surface area contributed by atoms with E-state index in [9.17, 15) is 4.55 Å². The van der Waals surface area contributed by atoms with Gasteiger partial charge >= 0.3 is 0 Å². The van der Waals surface area contributed by atoms with Crippen LogP contribution < -0.4 is 5.32 Å². The highest BCUT2D eigenvalue weighted by Gasteiger charge is 2.14. The summed E-state index contributed by atoms with van der Waals surface area (Å²) in [6, 6.07) is 9.61. The fourth-order valence-electron chi connectivity index (χ4n) is 2.69. The molecule has 1 unspecified atom stereocenters. The molecule has 0 aliphatic heterocycles. The van der Waals surface area contributed by atoms with Crippen LogP contribution in [0, 0.1) is 11.5 Å². The number of halogens is 1. The van der Waals surface area contributed by atoms with Crippen LogP contribution in [0.5, 0.6) is 0 Å². The third kappa shape index (κ3) is 5.09. The first-order chi connectivity index (χ1) is 13.2. The zero-order valence-corrected chi connectivity index (χ0v) is 19.0. The molecule has 0 fully saturated rings. The molecule has 2 heterocycles. The normalized spacial score (nSPS) is 12.5. The molecular formula is C20H23ClN4OSSi. The minimum Gasteiger partial charge on any atom is -0.612 e. The molecule has 0 radical (unpaired) electrons. The van der Waals surface area contributed by atoms with Gasteiger partial charge in [0, 0.05) is 12.7 Å². The Morgan fingerprint density at radius 2 is 1.93 bits per heavy atom. The molecular weight excluding hydrogens is 408 g/mol. The predicted molar refractivity (Wildman–Crippen MR) is 120 cm³/mol. The van der Waals surface area contributed by atoms with Crippen LogP contribution in [0.15, 0.2) is 41.4 Å². The molecule has 5 nitrogen and oxygen atoms in total. The molecule has 8 heteroatoms. The van der Waals surface area contributed by atoms with E-state index in [1.807, 2.05) is 30.3 Å². The Hall–Kier alpha value is -1.98. The highest BCUT2D eigenvalue weighted by Crippen LogP contribution is 2.29. The maximum atomic E-state index is 11.5. The zero-order valence-electron chi connectivity index (χ0n) is 16.4. The number of rotatable bonds is 5. The summed E-state index contributed by atoms with van der Waals surface area (Å²) in [5.74, 6) is 3.21. The Kier molecular flexibility index (Phi) is 6.35. The van der Waals surface area contributed by atoms with Crippen molar-refractivity contribution in [2.24, 2.45) is 0 Å². The predicted octanol–water partition coefficient (Wildman–Crippen LogP) is 4.32. The van der Waals surface area contributed by atoms with Crippen LogP contribution in [-0.4, -0.2) is 33.6 Å². The summed E-state index contributed by atoms with van der Waals surface area (Å²) in [6.45, 7) is 7.71. The number of hydrogen-bond acceptors (Lipinski definition) is 4. The van der Waals surface area contributed by atoms with Crippen molar-refractivity contribution in [3.05, 3.63) is 47.2 Å². The Bertz CT molecular complexity index is 1030. The quantitative estimate of drug-likeness (QED) is 0.372. The van der Waals surface area contributed by atoms with Crippen molar-refractivity contribution < 1.29 is 4.55 Å². The Morgan fingerprint density at radius 3 is 2.57 bits per heavy atom. The SMILES string of the molecule is C[S+]([O-])c1ccc(CNc2ccnc3c2c(Cl)nn3CC#C[Si](C)(C)C)cc1. The first-order valence-corrected chi connectivity index (χ1v) is 14.4. The fourth-order valence-corrected chi connectivity index (χ4v) is 4.09. The molecule has 2 aromatic heterocycles. The van der Waals surface area contributed by atoms with Crippen LogP contribution in [0.1, 0.15) is 5.56 Å². The van der Waals surface area contributed by atoms with Crippen molar-refractivity contribution in [2.45, 2.75) is 37.6 Å². The summed E-state index contributed by atoms with van der Waals surface area (Å²) >= 11 is 5.43. The van der Waals surface area contributed by atoms with Crippen molar-refractivity contribution in [1.29, 1.82) is 0 Å². The molecule has 0 aliphatic rings. The van der Waals surface area contributed by atoms with Crippen LogP contribution in [0.25, 0.3) is 11.0 Å². The molecule has 0 amide bonds. The second kappa shape index (κ2) is 8.58. The number of anilines is 1. The standard InChI is InChI=1S/C20H23ClN4OSSi/c1-27(26)16-8-6-15(7-9-16)14-23-17-10-11-22-20-18(17)19(21)24-25(20)12-5-13-28(2,3)4/h6-11H,12,14H2,1-4H3,(H,22,23). The maximum absolute atomic E-state index is 11.5.